The highest BCUT2D eigenvalue weighted by atomic mass is 35.5. The van der Waals surface area contributed by atoms with E-state index >= 15 is 0 Å². The summed E-state index contributed by atoms with van der Waals surface area (Å²) in [6.07, 6.45) is 12.3. The van der Waals surface area contributed by atoms with Crippen LogP contribution in [0.25, 0.3) is 0 Å². The summed E-state index contributed by atoms with van der Waals surface area (Å²) in [6, 6.07) is 12.0. The topological polar surface area (TPSA) is 29.5 Å². The highest BCUT2D eigenvalue weighted by molar-refractivity contribution is 6.32. The van der Waals surface area contributed by atoms with Gasteiger partial charge in [-0.2, -0.15) is 0 Å². The van der Waals surface area contributed by atoms with Gasteiger partial charge in [0, 0.05) is 16.1 Å². The number of unbranched alkanes of at least 4 members (excludes halogenated alkanes) is 5. The molecule has 0 saturated carbocycles. The second-order valence-electron chi connectivity index (χ2n) is 7.39. The summed E-state index contributed by atoms with van der Waals surface area (Å²) in [6.45, 7) is 2.40. The Kier molecular flexibility index (Phi) is 10.8. The van der Waals surface area contributed by atoms with E-state index in [0.29, 0.717) is 33.5 Å². The van der Waals surface area contributed by atoms with Crippen molar-refractivity contribution in [3.63, 3.8) is 0 Å². The molecule has 2 aromatic rings. The predicted octanol–water partition coefficient (Wildman–Crippen LogP) is 6.51. The van der Waals surface area contributed by atoms with Gasteiger partial charge in [0.1, 0.15) is 5.75 Å². The molecule has 0 bridgehead atoms. The van der Waals surface area contributed by atoms with Gasteiger partial charge >= 0.3 is 0 Å². The Bertz CT molecular complexity index is 843. The maximum atomic E-state index is 12.5. The van der Waals surface area contributed by atoms with Gasteiger partial charge in [-0.3, -0.25) is 9.69 Å². The molecule has 5 heteroatoms. The molecule has 0 atom stereocenters. The standard InChI is InChI=1S/C25H29Cl2NO2/c1-3-16-28(2)17-8-6-4-5-7-9-18-30-24-15-12-21(19-23(24)27)25(29)20-10-13-22(26)14-11-20/h1,10-15,19H,4-9,16-18H2,2H3. The first-order valence-corrected chi connectivity index (χ1v) is 11.1. The fourth-order valence-corrected chi connectivity index (χ4v) is 3.50. The lowest BCUT2D eigenvalue weighted by Crippen LogP contribution is -2.19. The quantitative estimate of drug-likeness (QED) is 0.200. The average Bonchev–Trinajstić information content (AvgIpc) is 2.73. The Morgan fingerprint density at radius 1 is 0.967 bits per heavy atom. The van der Waals surface area contributed by atoms with Gasteiger partial charge in [0.15, 0.2) is 5.78 Å². The van der Waals surface area contributed by atoms with E-state index in [9.17, 15) is 4.79 Å². The molecule has 0 fully saturated rings. The molecule has 0 spiro atoms. The fraction of sp³-hybridized carbons (Fsp3) is 0.400. The minimum absolute atomic E-state index is 0.0920. The third kappa shape index (κ3) is 8.40. The van der Waals surface area contributed by atoms with E-state index in [2.05, 4.69) is 17.9 Å². The SMILES string of the molecule is C#CCN(C)CCCCCCCCOc1ccc(C(=O)c2ccc(Cl)cc2)cc1Cl. The predicted molar refractivity (Wildman–Crippen MR) is 126 cm³/mol. The van der Waals surface area contributed by atoms with Crippen LogP contribution < -0.4 is 4.74 Å². The summed E-state index contributed by atoms with van der Waals surface area (Å²) in [5, 5.41) is 1.05. The largest absolute Gasteiger partial charge is 0.492 e. The van der Waals surface area contributed by atoms with Gasteiger partial charge in [-0.05, 0) is 68.9 Å². The number of rotatable bonds is 13. The zero-order chi connectivity index (χ0) is 21.8. The van der Waals surface area contributed by atoms with Crippen LogP contribution in [0.3, 0.4) is 0 Å². The number of nitrogens with zero attached hydrogens (tertiary/aromatic N) is 1. The number of hydrogen-bond acceptors (Lipinski definition) is 3. The highest BCUT2D eigenvalue weighted by Gasteiger charge is 2.12. The smallest absolute Gasteiger partial charge is 0.193 e. The van der Waals surface area contributed by atoms with Crippen LogP contribution in [0.2, 0.25) is 10.0 Å². The molecule has 0 amide bonds. The normalized spacial score (nSPS) is 10.8. The lowest BCUT2D eigenvalue weighted by atomic mass is 10.0. The molecule has 0 N–H and O–H groups in total. The van der Waals surface area contributed by atoms with Gasteiger partial charge in [0.2, 0.25) is 0 Å². The molecule has 0 aliphatic carbocycles. The number of ether oxygens (including phenoxy) is 1. The van der Waals surface area contributed by atoms with Crippen molar-refractivity contribution in [3.8, 4) is 18.1 Å². The van der Waals surface area contributed by atoms with Gasteiger partial charge in [0.05, 0.1) is 18.2 Å². The molecule has 160 valence electrons. The molecule has 0 aromatic heterocycles. The first-order valence-electron chi connectivity index (χ1n) is 10.4. The average molecular weight is 446 g/mol. The second kappa shape index (κ2) is 13.3. The van der Waals surface area contributed by atoms with E-state index in [1.165, 1.54) is 25.7 Å². The van der Waals surface area contributed by atoms with E-state index < -0.39 is 0 Å². The molecule has 0 saturated heterocycles. The zero-order valence-electron chi connectivity index (χ0n) is 17.5. The Hall–Kier alpha value is -1.99. The third-order valence-electron chi connectivity index (χ3n) is 4.85. The Morgan fingerprint density at radius 3 is 2.27 bits per heavy atom. The van der Waals surface area contributed by atoms with Crippen molar-refractivity contribution in [3.05, 3.63) is 63.6 Å². The summed E-state index contributed by atoms with van der Waals surface area (Å²) in [4.78, 5) is 14.7. The van der Waals surface area contributed by atoms with Crippen molar-refractivity contribution in [2.45, 2.75) is 38.5 Å². The summed E-state index contributed by atoms with van der Waals surface area (Å²) in [5.41, 5.74) is 1.11. The first-order chi connectivity index (χ1) is 14.5. The van der Waals surface area contributed by atoms with Crippen LogP contribution in [0.15, 0.2) is 42.5 Å². The van der Waals surface area contributed by atoms with Crippen molar-refractivity contribution >= 4 is 29.0 Å². The number of hydrogen-bond donors (Lipinski definition) is 0. The number of ketones is 1. The van der Waals surface area contributed by atoms with Crippen LogP contribution in [0.5, 0.6) is 5.75 Å². The molecule has 0 aliphatic rings. The molecule has 0 unspecified atom stereocenters. The molecule has 30 heavy (non-hydrogen) atoms. The number of carbonyl (C=O) groups is 1. The van der Waals surface area contributed by atoms with E-state index in [1.807, 2.05) is 0 Å². The Balaban J connectivity index is 1.66. The lowest BCUT2D eigenvalue weighted by molar-refractivity contribution is 0.103. The van der Waals surface area contributed by atoms with Crippen molar-refractivity contribution in [1.29, 1.82) is 0 Å². The van der Waals surface area contributed by atoms with Crippen LogP contribution in [0.1, 0.15) is 54.4 Å². The molecule has 2 rings (SSSR count). The highest BCUT2D eigenvalue weighted by Crippen LogP contribution is 2.27. The van der Waals surface area contributed by atoms with E-state index in [1.54, 1.807) is 42.5 Å². The zero-order valence-corrected chi connectivity index (χ0v) is 19.0. The molecular weight excluding hydrogens is 417 g/mol. The number of carbonyl (C=O) groups excluding carboxylic acids is 1. The van der Waals surface area contributed by atoms with Crippen molar-refractivity contribution in [2.24, 2.45) is 0 Å². The van der Waals surface area contributed by atoms with Crippen molar-refractivity contribution in [1.82, 2.24) is 4.90 Å². The monoisotopic (exact) mass is 445 g/mol. The first kappa shape index (κ1) is 24.3. The maximum absolute atomic E-state index is 12.5. The summed E-state index contributed by atoms with van der Waals surface area (Å²) < 4.78 is 5.79. The molecule has 0 aliphatic heterocycles. The number of terminal acetylenes is 1. The molecule has 0 heterocycles. The van der Waals surface area contributed by atoms with E-state index in [0.717, 1.165) is 25.9 Å². The minimum atomic E-state index is -0.0920. The number of benzene rings is 2. The van der Waals surface area contributed by atoms with E-state index in [4.69, 9.17) is 34.4 Å². The summed E-state index contributed by atoms with van der Waals surface area (Å²) in [5.74, 6) is 3.18. The molecule has 2 aromatic carbocycles. The van der Waals surface area contributed by atoms with Crippen LogP contribution >= 0.6 is 23.2 Å². The van der Waals surface area contributed by atoms with Crippen molar-refractivity contribution in [2.75, 3.05) is 26.7 Å². The third-order valence-corrected chi connectivity index (χ3v) is 5.40. The van der Waals surface area contributed by atoms with Gasteiger partial charge in [-0.15, -0.1) is 6.42 Å². The Morgan fingerprint density at radius 2 is 1.60 bits per heavy atom. The van der Waals surface area contributed by atoms with Crippen LogP contribution in [0, 0.1) is 12.3 Å². The molecule has 3 nitrogen and oxygen atoms in total. The second-order valence-corrected chi connectivity index (χ2v) is 8.24. The van der Waals surface area contributed by atoms with Crippen LogP contribution in [0.4, 0.5) is 0 Å². The van der Waals surface area contributed by atoms with Gasteiger partial charge in [0.25, 0.3) is 0 Å². The fourth-order valence-electron chi connectivity index (χ4n) is 3.13. The summed E-state index contributed by atoms with van der Waals surface area (Å²) in [7, 11) is 2.06. The molecular formula is C25H29Cl2NO2. The van der Waals surface area contributed by atoms with Gasteiger partial charge in [-0.1, -0.05) is 54.8 Å². The van der Waals surface area contributed by atoms with E-state index in [-0.39, 0.29) is 5.78 Å². The molecule has 0 radical (unpaired) electrons. The van der Waals surface area contributed by atoms with Crippen LogP contribution in [-0.4, -0.2) is 37.4 Å². The van der Waals surface area contributed by atoms with Crippen LogP contribution in [-0.2, 0) is 0 Å². The lowest BCUT2D eigenvalue weighted by Gasteiger charge is -2.12. The number of halogens is 2. The Labute approximate surface area is 190 Å². The maximum Gasteiger partial charge on any atom is 0.193 e. The minimum Gasteiger partial charge on any atom is -0.492 e. The van der Waals surface area contributed by atoms with Gasteiger partial charge in [-0.25, -0.2) is 0 Å². The summed E-state index contributed by atoms with van der Waals surface area (Å²) >= 11 is 12.2. The van der Waals surface area contributed by atoms with Gasteiger partial charge < -0.3 is 4.74 Å². The van der Waals surface area contributed by atoms with Crippen molar-refractivity contribution < 1.29 is 9.53 Å².